The van der Waals surface area contributed by atoms with E-state index in [0.717, 1.165) is 17.0 Å². The summed E-state index contributed by atoms with van der Waals surface area (Å²) in [6, 6.07) is 7.87. The molecule has 4 nitrogen and oxygen atoms in total. The van der Waals surface area contributed by atoms with E-state index in [1.54, 1.807) is 7.11 Å². The lowest BCUT2D eigenvalue weighted by Crippen LogP contribution is -2.21. The Bertz CT molecular complexity index is 430. The first-order valence-corrected chi connectivity index (χ1v) is 5.34. The van der Waals surface area contributed by atoms with Crippen LogP contribution in [0.15, 0.2) is 29.4 Å². The van der Waals surface area contributed by atoms with Gasteiger partial charge in [-0.25, -0.2) is 0 Å². The molecule has 84 valence electrons. The molecular formula is C12H13NO3. The number of oxime groups is 1. The zero-order valence-electron chi connectivity index (χ0n) is 9.05. The zero-order chi connectivity index (χ0) is 11.0. The second kappa shape index (κ2) is 3.79. The van der Waals surface area contributed by atoms with Gasteiger partial charge in [-0.1, -0.05) is 17.3 Å². The number of benzene rings is 1. The quantitative estimate of drug-likeness (QED) is 0.755. The minimum atomic E-state index is 0.0983. The van der Waals surface area contributed by atoms with Crippen LogP contribution in [-0.4, -0.2) is 32.1 Å². The van der Waals surface area contributed by atoms with Crippen molar-refractivity contribution >= 4 is 5.71 Å². The van der Waals surface area contributed by atoms with Gasteiger partial charge in [-0.3, -0.25) is 0 Å². The number of ether oxygens (including phenoxy) is 2. The minimum absolute atomic E-state index is 0.0983. The molecule has 1 saturated heterocycles. The van der Waals surface area contributed by atoms with Crippen molar-refractivity contribution in [2.24, 2.45) is 11.1 Å². The van der Waals surface area contributed by atoms with Crippen molar-refractivity contribution in [3.05, 3.63) is 29.8 Å². The van der Waals surface area contributed by atoms with Gasteiger partial charge in [0.05, 0.1) is 32.0 Å². The number of nitrogens with zero attached hydrogens (tertiary/aromatic N) is 1. The van der Waals surface area contributed by atoms with E-state index in [2.05, 4.69) is 5.16 Å². The van der Waals surface area contributed by atoms with Crippen molar-refractivity contribution < 1.29 is 14.3 Å². The van der Waals surface area contributed by atoms with Crippen LogP contribution in [0.25, 0.3) is 0 Å². The highest BCUT2D eigenvalue weighted by molar-refractivity contribution is 6.03. The molecule has 0 radical (unpaired) electrons. The fourth-order valence-corrected chi connectivity index (χ4v) is 2.13. The van der Waals surface area contributed by atoms with E-state index >= 15 is 0 Å². The summed E-state index contributed by atoms with van der Waals surface area (Å²) in [6.45, 7) is 1.34. The third-order valence-corrected chi connectivity index (χ3v) is 3.03. The molecule has 0 spiro atoms. The molecule has 0 amide bonds. The third kappa shape index (κ3) is 1.46. The van der Waals surface area contributed by atoms with Gasteiger partial charge >= 0.3 is 0 Å². The smallest absolute Gasteiger partial charge is 0.161 e. The molecule has 4 heteroatoms. The van der Waals surface area contributed by atoms with E-state index in [1.807, 2.05) is 24.3 Å². The summed E-state index contributed by atoms with van der Waals surface area (Å²) in [5, 5.41) is 4.15. The number of methoxy groups -OCH3 is 1. The van der Waals surface area contributed by atoms with E-state index in [4.69, 9.17) is 14.3 Å². The maximum atomic E-state index is 5.38. The Morgan fingerprint density at radius 2 is 2.31 bits per heavy atom. The molecule has 1 fully saturated rings. The topological polar surface area (TPSA) is 40.0 Å². The molecule has 0 N–H and O–H groups in total. The molecule has 2 heterocycles. The highest BCUT2D eigenvalue weighted by Crippen LogP contribution is 2.29. The average molecular weight is 219 g/mol. The molecule has 16 heavy (non-hydrogen) atoms. The summed E-state index contributed by atoms with van der Waals surface area (Å²) in [7, 11) is 1.66. The highest BCUT2D eigenvalue weighted by Gasteiger charge is 2.39. The van der Waals surface area contributed by atoms with Gasteiger partial charge in [-0.15, -0.1) is 0 Å². The van der Waals surface area contributed by atoms with Crippen molar-refractivity contribution in [3.63, 3.8) is 0 Å². The van der Waals surface area contributed by atoms with Gasteiger partial charge in [0.15, 0.2) is 6.10 Å². The summed E-state index contributed by atoms with van der Waals surface area (Å²) in [6.07, 6.45) is 0.0983. The first kappa shape index (κ1) is 9.66. The van der Waals surface area contributed by atoms with Crippen LogP contribution < -0.4 is 4.74 Å². The lowest BCUT2D eigenvalue weighted by Gasteiger charge is -2.08. The van der Waals surface area contributed by atoms with Crippen LogP contribution in [0.5, 0.6) is 5.75 Å². The summed E-state index contributed by atoms with van der Waals surface area (Å²) in [5.74, 6) is 1.11. The summed E-state index contributed by atoms with van der Waals surface area (Å²) < 4.78 is 10.6. The number of rotatable bonds is 2. The van der Waals surface area contributed by atoms with E-state index in [1.165, 1.54) is 0 Å². The van der Waals surface area contributed by atoms with Crippen molar-refractivity contribution in [1.82, 2.24) is 0 Å². The standard InChI is InChI=1S/C12H13NO3/c1-14-9-4-2-3-8(5-9)12-10-6-15-7-11(10)16-13-12/h2-5,10-11H,6-7H2,1H3/t10-,11+/m0/s1. The molecule has 2 aliphatic heterocycles. The molecule has 0 bridgehead atoms. The van der Waals surface area contributed by atoms with Gasteiger partial charge in [-0.05, 0) is 12.1 Å². The van der Waals surface area contributed by atoms with Crippen molar-refractivity contribution in [1.29, 1.82) is 0 Å². The van der Waals surface area contributed by atoms with E-state index in [9.17, 15) is 0 Å². The second-order valence-electron chi connectivity index (χ2n) is 4.00. The predicted octanol–water partition coefficient (Wildman–Crippen LogP) is 1.44. The minimum Gasteiger partial charge on any atom is -0.497 e. The summed E-state index contributed by atoms with van der Waals surface area (Å²) in [5.41, 5.74) is 2.03. The van der Waals surface area contributed by atoms with E-state index in [0.29, 0.717) is 13.2 Å². The predicted molar refractivity (Wildman–Crippen MR) is 58.7 cm³/mol. The van der Waals surface area contributed by atoms with Crippen LogP contribution in [0.1, 0.15) is 5.56 Å². The maximum Gasteiger partial charge on any atom is 0.161 e. The van der Waals surface area contributed by atoms with Gasteiger partial charge in [-0.2, -0.15) is 0 Å². The van der Waals surface area contributed by atoms with Crippen LogP contribution >= 0.6 is 0 Å². The monoisotopic (exact) mass is 219 g/mol. The second-order valence-corrected chi connectivity index (χ2v) is 4.00. The fraction of sp³-hybridized carbons (Fsp3) is 0.417. The normalized spacial score (nSPS) is 27.2. The highest BCUT2D eigenvalue weighted by atomic mass is 16.7. The molecule has 1 aromatic carbocycles. The molecule has 2 atom stereocenters. The van der Waals surface area contributed by atoms with Gasteiger partial charge < -0.3 is 14.3 Å². The molecule has 3 rings (SSSR count). The van der Waals surface area contributed by atoms with Crippen molar-refractivity contribution in [2.45, 2.75) is 6.10 Å². The lowest BCUT2D eigenvalue weighted by molar-refractivity contribution is 0.0558. The largest absolute Gasteiger partial charge is 0.497 e. The van der Waals surface area contributed by atoms with Gasteiger partial charge in [0, 0.05) is 5.56 Å². The molecule has 2 aliphatic rings. The van der Waals surface area contributed by atoms with E-state index < -0.39 is 0 Å². The number of hydrogen-bond acceptors (Lipinski definition) is 4. The Kier molecular flexibility index (Phi) is 2.29. The fourth-order valence-electron chi connectivity index (χ4n) is 2.13. The molecular weight excluding hydrogens is 206 g/mol. The summed E-state index contributed by atoms with van der Waals surface area (Å²) >= 11 is 0. The van der Waals surface area contributed by atoms with E-state index in [-0.39, 0.29) is 12.0 Å². The average Bonchev–Trinajstić information content (AvgIpc) is 2.90. The van der Waals surface area contributed by atoms with Gasteiger partial charge in [0.1, 0.15) is 5.75 Å². The Morgan fingerprint density at radius 3 is 3.19 bits per heavy atom. The van der Waals surface area contributed by atoms with Crippen LogP contribution in [0.2, 0.25) is 0 Å². The van der Waals surface area contributed by atoms with Crippen molar-refractivity contribution in [2.75, 3.05) is 20.3 Å². The molecule has 1 aromatic rings. The molecule has 0 aromatic heterocycles. The molecule has 0 saturated carbocycles. The first-order valence-electron chi connectivity index (χ1n) is 5.34. The van der Waals surface area contributed by atoms with Crippen LogP contribution in [0, 0.1) is 5.92 Å². The third-order valence-electron chi connectivity index (χ3n) is 3.03. The summed E-state index contributed by atoms with van der Waals surface area (Å²) in [4.78, 5) is 5.34. The maximum absolute atomic E-state index is 5.38. The Balaban J connectivity index is 1.91. The van der Waals surface area contributed by atoms with Crippen LogP contribution in [0.4, 0.5) is 0 Å². The Morgan fingerprint density at radius 1 is 1.38 bits per heavy atom. The Labute approximate surface area is 93.8 Å². The molecule has 0 unspecified atom stereocenters. The van der Waals surface area contributed by atoms with Gasteiger partial charge in [0.25, 0.3) is 0 Å². The molecule has 0 aliphatic carbocycles. The van der Waals surface area contributed by atoms with Crippen LogP contribution in [-0.2, 0) is 9.57 Å². The number of fused-ring (bicyclic) bond motifs is 1. The lowest BCUT2D eigenvalue weighted by atomic mass is 9.95. The van der Waals surface area contributed by atoms with Crippen molar-refractivity contribution in [3.8, 4) is 5.75 Å². The number of hydrogen-bond donors (Lipinski definition) is 0. The Hall–Kier alpha value is -1.55. The first-order chi connectivity index (χ1) is 7.88. The van der Waals surface area contributed by atoms with Crippen LogP contribution in [0.3, 0.4) is 0 Å². The van der Waals surface area contributed by atoms with Gasteiger partial charge in [0.2, 0.25) is 0 Å². The SMILES string of the molecule is COc1cccc(C2=NO[C@@H]3COC[C@H]23)c1. The zero-order valence-corrected chi connectivity index (χ0v) is 9.05.